The first-order chi connectivity index (χ1) is 10.6. The maximum absolute atomic E-state index is 11.2. The van der Waals surface area contributed by atoms with Crippen LogP contribution in [0.25, 0.3) is 10.9 Å². The second-order valence-corrected chi connectivity index (χ2v) is 5.65. The number of amides is 1. The van der Waals surface area contributed by atoms with Crippen molar-refractivity contribution in [3.05, 3.63) is 47.9 Å². The summed E-state index contributed by atoms with van der Waals surface area (Å²) in [5.41, 5.74) is 4.33. The molecule has 114 valence electrons. The predicted octanol–water partition coefficient (Wildman–Crippen LogP) is 3.26. The van der Waals surface area contributed by atoms with Gasteiger partial charge < -0.3 is 10.3 Å². The van der Waals surface area contributed by atoms with Gasteiger partial charge in [-0.1, -0.05) is 6.07 Å². The zero-order chi connectivity index (χ0) is 15.5. The average molecular weight is 296 g/mol. The van der Waals surface area contributed by atoms with Gasteiger partial charge in [0.15, 0.2) is 0 Å². The van der Waals surface area contributed by atoms with Crippen LogP contribution in [0.15, 0.2) is 36.8 Å². The van der Waals surface area contributed by atoms with Gasteiger partial charge in [-0.05, 0) is 43.0 Å². The van der Waals surface area contributed by atoms with E-state index in [1.54, 1.807) is 0 Å². The van der Waals surface area contributed by atoms with Gasteiger partial charge in [0, 0.05) is 36.8 Å². The molecule has 0 saturated carbocycles. The second kappa shape index (κ2) is 6.05. The summed E-state index contributed by atoms with van der Waals surface area (Å²) in [4.78, 5) is 14.4. The van der Waals surface area contributed by atoms with E-state index in [9.17, 15) is 4.79 Å². The third-order valence-electron chi connectivity index (χ3n) is 3.67. The first-order valence-corrected chi connectivity index (χ1v) is 7.48. The van der Waals surface area contributed by atoms with E-state index >= 15 is 0 Å². The van der Waals surface area contributed by atoms with E-state index in [0.717, 1.165) is 36.0 Å². The van der Waals surface area contributed by atoms with Crippen LogP contribution in [-0.4, -0.2) is 20.7 Å². The minimum absolute atomic E-state index is 0.0552. The number of nitrogens with one attached hydrogen (secondary N) is 2. The van der Waals surface area contributed by atoms with Gasteiger partial charge in [0.1, 0.15) is 0 Å². The number of hydrogen-bond acceptors (Lipinski definition) is 2. The van der Waals surface area contributed by atoms with Crippen molar-refractivity contribution in [3.8, 4) is 0 Å². The molecule has 5 nitrogen and oxygen atoms in total. The molecule has 22 heavy (non-hydrogen) atoms. The van der Waals surface area contributed by atoms with Crippen LogP contribution >= 0.6 is 0 Å². The molecule has 0 fully saturated rings. The molecule has 0 spiro atoms. The molecule has 1 amide bonds. The number of anilines is 1. The van der Waals surface area contributed by atoms with Crippen LogP contribution < -0.4 is 5.32 Å². The van der Waals surface area contributed by atoms with Crippen molar-refractivity contribution in [1.29, 1.82) is 0 Å². The Bertz CT molecular complexity index is 800. The van der Waals surface area contributed by atoms with Gasteiger partial charge in [0.05, 0.1) is 11.9 Å². The fourth-order valence-corrected chi connectivity index (χ4v) is 2.65. The maximum atomic E-state index is 11.2. The molecule has 0 saturated heterocycles. The van der Waals surface area contributed by atoms with Crippen LogP contribution in [-0.2, 0) is 17.8 Å². The highest BCUT2D eigenvalue weighted by molar-refractivity contribution is 6.01. The molecule has 2 heterocycles. The van der Waals surface area contributed by atoms with Gasteiger partial charge in [-0.25, -0.2) is 0 Å². The molecule has 1 aromatic carbocycles. The Balaban J connectivity index is 1.69. The number of rotatable bonds is 5. The molecule has 2 N–H and O–H groups in total. The van der Waals surface area contributed by atoms with Gasteiger partial charge in [-0.3, -0.25) is 9.48 Å². The van der Waals surface area contributed by atoms with Crippen LogP contribution in [0.3, 0.4) is 0 Å². The number of nitrogens with zero attached hydrogens (tertiary/aromatic N) is 2. The van der Waals surface area contributed by atoms with E-state index in [0.29, 0.717) is 0 Å². The fraction of sp³-hybridized carbons (Fsp3) is 0.294. The molecule has 2 aromatic heterocycles. The van der Waals surface area contributed by atoms with Crippen LogP contribution in [0.5, 0.6) is 0 Å². The van der Waals surface area contributed by atoms with Crippen LogP contribution in [0.4, 0.5) is 5.69 Å². The van der Waals surface area contributed by atoms with Crippen LogP contribution in [0.2, 0.25) is 0 Å². The highest BCUT2D eigenvalue weighted by Crippen LogP contribution is 2.24. The fourth-order valence-electron chi connectivity index (χ4n) is 2.65. The smallest absolute Gasteiger partial charge is 0.221 e. The Morgan fingerprint density at radius 1 is 1.41 bits per heavy atom. The van der Waals surface area contributed by atoms with Crippen molar-refractivity contribution in [2.75, 3.05) is 5.32 Å². The monoisotopic (exact) mass is 296 g/mol. The molecule has 0 aliphatic rings. The lowest BCUT2D eigenvalue weighted by molar-refractivity contribution is -0.114. The zero-order valence-electron chi connectivity index (χ0n) is 12.9. The minimum atomic E-state index is -0.0552. The van der Waals surface area contributed by atoms with E-state index < -0.39 is 0 Å². The Morgan fingerprint density at radius 3 is 3.00 bits per heavy atom. The quantitative estimate of drug-likeness (QED) is 0.759. The second-order valence-electron chi connectivity index (χ2n) is 5.65. The van der Waals surface area contributed by atoms with Crippen molar-refractivity contribution in [2.24, 2.45) is 0 Å². The summed E-state index contributed by atoms with van der Waals surface area (Å²) in [6.45, 7) is 4.49. The molecular weight excluding hydrogens is 276 g/mol. The topological polar surface area (TPSA) is 62.7 Å². The number of fused-ring (bicyclic) bond motifs is 1. The van der Waals surface area contributed by atoms with Crippen LogP contribution in [0.1, 0.15) is 24.5 Å². The van der Waals surface area contributed by atoms with Crippen molar-refractivity contribution in [3.63, 3.8) is 0 Å². The summed E-state index contributed by atoms with van der Waals surface area (Å²) in [7, 11) is 0. The molecule has 0 bridgehead atoms. The predicted molar refractivity (Wildman–Crippen MR) is 87.9 cm³/mol. The van der Waals surface area contributed by atoms with E-state index in [2.05, 4.69) is 39.8 Å². The molecular formula is C17H20N4O. The van der Waals surface area contributed by atoms with E-state index in [-0.39, 0.29) is 5.91 Å². The van der Waals surface area contributed by atoms with Crippen molar-refractivity contribution < 1.29 is 4.79 Å². The molecule has 3 rings (SSSR count). The standard InChI is InChI=1S/C17H20N4O/c1-12-9-19-21(11-12)7-3-4-14-5-6-16-15(8-14)17(10-18-16)20-13(2)22/h5-6,8-11,18H,3-4,7H2,1-2H3,(H,20,22). The lowest BCUT2D eigenvalue weighted by atomic mass is 10.1. The molecule has 0 aliphatic heterocycles. The van der Waals surface area contributed by atoms with Crippen molar-refractivity contribution >= 4 is 22.5 Å². The van der Waals surface area contributed by atoms with Crippen LogP contribution in [0, 0.1) is 6.92 Å². The molecule has 5 heteroatoms. The average Bonchev–Trinajstić information content (AvgIpc) is 3.05. The summed E-state index contributed by atoms with van der Waals surface area (Å²) in [6, 6.07) is 6.34. The molecule has 0 radical (unpaired) electrons. The zero-order valence-corrected chi connectivity index (χ0v) is 12.9. The van der Waals surface area contributed by atoms with Gasteiger partial charge in [0.2, 0.25) is 5.91 Å². The minimum Gasteiger partial charge on any atom is -0.359 e. The first kappa shape index (κ1) is 14.4. The maximum Gasteiger partial charge on any atom is 0.221 e. The Hall–Kier alpha value is -2.56. The highest BCUT2D eigenvalue weighted by Gasteiger charge is 2.06. The SMILES string of the molecule is CC(=O)Nc1c[nH]c2ccc(CCCn3cc(C)cn3)cc12. The van der Waals surface area contributed by atoms with Crippen molar-refractivity contribution in [1.82, 2.24) is 14.8 Å². The third kappa shape index (κ3) is 3.19. The third-order valence-corrected chi connectivity index (χ3v) is 3.67. The van der Waals surface area contributed by atoms with Gasteiger partial charge in [0.25, 0.3) is 0 Å². The van der Waals surface area contributed by atoms with Gasteiger partial charge >= 0.3 is 0 Å². The highest BCUT2D eigenvalue weighted by atomic mass is 16.1. The molecule has 0 atom stereocenters. The summed E-state index contributed by atoms with van der Waals surface area (Å²) in [6.07, 6.45) is 7.80. The normalized spacial score (nSPS) is 11.0. The number of benzene rings is 1. The number of H-pyrrole nitrogens is 1. The Morgan fingerprint density at radius 2 is 2.27 bits per heavy atom. The Kier molecular flexibility index (Phi) is 3.96. The van der Waals surface area contributed by atoms with Gasteiger partial charge in [-0.2, -0.15) is 5.10 Å². The summed E-state index contributed by atoms with van der Waals surface area (Å²) in [5.74, 6) is -0.0552. The van der Waals surface area contributed by atoms with E-state index in [4.69, 9.17) is 0 Å². The molecule has 0 aliphatic carbocycles. The Labute approximate surface area is 129 Å². The summed E-state index contributed by atoms with van der Waals surface area (Å²) < 4.78 is 1.98. The first-order valence-electron chi connectivity index (χ1n) is 7.48. The number of aromatic nitrogens is 3. The number of carbonyl (C=O) groups excluding carboxylic acids is 1. The lowest BCUT2D eigenvalue weighted by Crippen LogP contribution is -2.04. The lowest BCUT2D eigenvalue weighted by Gasteiger charge is -2.04. The summed E-state index contributed by atoms with van der Waals surface area (Å²) >= 11 is 0. The van der Waals surface area contributed by atoms with Gasteiger partial charge in [-0.15, -0.1) is 0 Å². The summed E-state index contributed by atoms with van der Waals surface area (Å²) in [5, 5.41) is 8.21. The number of hydrogen-bond donors (Lipinski definition) is 2. The number of carbonyl (C=O) groups is 1. The number of aromatic amines is 1. The van der Waals surface area contributed by atoms with Crippen molar-refractivity contribution in [2.45, 2.75) is 33.2 Å². The molecule has 0 unspecified atom stereocenters. The largest absolute Gasteiger partial charge is 0.359 e. The van der Waals surface area contributed by atoms with E-state index in [1.807, 2.05) is 24.0 Å². The molecule has 3 aromatic rings. The van der Waals surface area contributed by atoms with E-state index in [1.165, 1.54) is 18.1 Å². The number of aryl methyl sites for hydroxylation is 3.